The molecule has 2 aliphatic rings. The van der Waals surface area contributed by atoms with E-state index in [1.165, 1.54) is 24.3 Å². The smallest absolute Gasteiger partial charge is 0.340 e. The molecular weight excluding hydrogens is 752 g/mol. The lowest BCUT2D eigenvalue weighted by molar-refractivity contribution is -0.263. The van der Waals surface area contributed by atoms with Crippen molar-refractivity contribution in [3.05, 3.63) is 29.8 Å². The van der Waals surface area contributed by atoms with Crippen LogP contribution in [0.4, 0.5) is 0 Å². The van der Waals surface area contributed by atoms with E-state index in [1.54, 1.807) is 0 Å². The highest BCUT2D eigenvalue weighted by molar-refractivity contribution is 5.90. The van der Waals surface area contributed by atoms with Crippen LogP contribution >= 0.6 is 0 Å². The quantitative estimate of drug-likeness (QED) is 0.178. The highest BCUT2D eigenvalue weighted by Gasteiger charge is 2.53. The highest BCUT2D eigenvalue weighted by Crippen LogP contribution is 2.31. The number of benzene rings is 1. The summed E-state index contributed by atoms with van der Waals surface area (Å²) in [4.78, 5) is 110. The summed E-state index contributed by atoms with van der Waals surface area (Å²) in [6.07, 6.45) is -11.7. The Labute approximate surface area is 320 Å². The van der Waals surface area contributed by atoms with Gasteiger partial charge in [0.05, 0.1) is 5.56 Å². The van der Waals surface area contributed by atoms with E-state index in [-0.39, 0.29) is 11.3 Å². The summed E-state index contributed by atoms with van der Waals surface area (Å²) < 4.78 is 55.4. The first-order valence-corrected chi connectivity index (χ1v) is 17.0. The predicted octanol–water partition coefficient (Wildman–Crippen LogP) is -0.466. The summed E-state index contributed by atoms with van der Waals surface area (Å²) in [7, 11) is 0. The van der Waals surface area contributed by atoms with Crippen LogP contribution < -0.4 is 15.4 Å². The summed E-state index contributed by atoms with van der Waals surface area (Å²) in [6, 6.07) is 2.47. The molecule has 0 unspecified atom stereocenters. The summed E-state index contributed by atoms with van der Waals surface area (Å²) in [5.41, 5.74) is -0.187. The molecule has 2 saturated heterocycles. The minimum absolute atomic E-state index is 0.0815. The van der Waals surface area contributed by atoms with Gasteiger partial charge in [0.2, 0.25) is 24.4 Å². The molecule has 21 heteroatoms. The molecule has 56 heavy (non-hydrogen) atoms. The number of amides is 2. The number of esters is 7. The van der Waals surface area contributed by atoms with E-state index in [0.717, 1.165) is 55.4 Å². The van der Waals surface area contributed by atoms with E-state index in [9.17, 15) is 43.2 Å². The van der Waals surface area contributed by atoms with Crippen LogP contribution in [0.25, 0.3) is 0 Å². The number of carbonyl (C=O) groups excluding carboxylic acids is 9. The van der Waals surface area contributed by atoms with Crippen molar-refractivity contribution >= 4 is 53.6 Å². The van der Waals surface area contributed by atoms with E-state index >= 15 is 0 Å². The number of carbonyl (C=O) groups is 9. The lowest BCUT2D eigenvalue weighted by Crippen LogP contribution is -2.67. The van der Waals surface area contributed by atoms with Gasteiger partial charge in [-0.1, -0.05) is 6.07 Å². The molecule has 2 fully saturated rings. The zero-order valence-electron chi connectivity index (χ0n) is 31.8. The van der Waals surface area contributed by atoms with Gasteiger partial charge >= 0.3 is 41.8 Å². The molecule has 2 N–H and O–H groups in total. The third kappa shape index (κ3) is 13.2. The Hall–Kier alpha value is -5.83. The van der Waals surface area contributed by atoms with Crippen LogP contribution in [0.2, 0.25) is 0 Å². The Balaban J connectivity index is 1.99. The molecule has 3 rings (SSSR count). The van der Waals surface area contributed by atoms with Crippen LogP contribution in [0.3, 0.4) is 0 Å². The number of ether oxygens (including phenoxy) is 10. The van der Waals surface area contributed by atoms with Gasteiger partial charge in [0, 0.05) is 55.4 Å². The first-order valence-electron chi connectivity index (χ1n) is 17.0. The van der Waals surface area contributed by atoms with E-state index in [1.807, 2.05) is 0 Å². The molecular formula is C35H44N2O19. The van der Waals surface area contributed by atoms with Crippen LogP contribution in [-0.2, 0) is 81.0 Å². The van der Waals surface area contributed by atoms with E-state index in [2.05, 4.69) is 10.6 Å². The molecule has 0 spiro atoms. The first-order chi connectivity index (χ1) is 26.2. The number of rotatable bonds is 14. The maximum absolute atomic E-state index is 13.7. The lowest BCUT2D eigenvalue weighted by atomic mass is 9.96. The summed E-state index contributed by atoms with van der Waals surface area (Å²) in [6.45, 7) is 7.74. The fourth-order valence-corrected chi connectivity index (χ4v) is 5.79. The Kier molecular flexibility index (Phi) is 16.1. The van der Waals surface area contributed by atoms with E-state index in [4.69, 9.17) is 47.4 Å². The second-order valence-corrected chi connectivity index (χ2v) is 12.5. The number of nitrogens with one attached hydrogen (secondary N) is 2. The zero-order chi connectivity index (χ0) is 41.9. The third-order valence-electron chi connectivity index (χ3n) is 7.69. The Morgan fingerprint density at radius 3 is 1.36 bits per heavy atom. The second kappa shape index (κ2) is 20.2. The zero-order valence-corrected chi connectivity index (χ0v) is 31.8. The van der Waals surface area contributed by atoms with Crippen LogP contribution in [0, 0.1) is 0 Å². The molecule has 2 amide bonds. The van der Waals surface area contributed by atoms with Gasteiger partial charge in [-0.15, -0.1) is 0 Å². The highest BCUT2D eigenvalue weighted by atomic mass is 16.7. The lowest BCUT2D eigenvalue weighted by Gasteiger charge is -2.44. The van der Waals surface area contributed by atoms with Gasteiger partial charge in [-0.25, -0.2) is 4.79 Å². The van der Waals surface area contributed by atoms with Crippen molar-refractivity contribution in [2.45, 2.75) is 117 Å². The average Bonchev–Trinajstić information content (AvgIpc) is 3.07. The molecule has 10 atom stereocenters. The van der Waals surface area contributed by atoms with Gasteiger partial charge in [-0.3, -0.25) is 38.4 Å². The van der Waals surface area contributed by atoms with Crippen molar-refractivity contribution in [3.63, 3.8) is 0 Å². The van der Waals surface area contributed by atoms with Crippen molar-refractivity contribution in [2.75, 3.05) is 13.2 Å². The molecule has 2 aliphatic heterocycles. The summed E-state index contributed by atoms with van der Waals surface area (Å²) in [5, 5.41) is 5.04. The van der Waals surface area contributed by atoms with Crippen molar-refractivity contribution in [1.29, 1.82) is 0 Å². The Bertz CT molecular complexity index is 1660. The van der Waals surface area contributed by atoms with E-state index < -0.39 is 128 Å². The predicted molar refractivity (Wildman–Crippen MR) is 180 cm³/mol. The maximum Gasteiger partial charge on any atom is 0.340 e. The maximum atomic E-state index is 13.7. The van der Waals surface area contributed by atoms with Gasteiger partial charge in [-0.2, -0.15) is 0 Å². The Morgan fingerprint density at radius 2 is 0.946 bits per heavy atom. The largest absolute Gasteiger partial charge is 0.463 e. The fraction of sp³-hybridized carbons (Fsp3) is 0.571. The monoisotopic (exact) mass is 796 g/mol. The summed E-state index contributed by atoms with van der Waals surface area (Å²) in [5.74, 6) is -7.26. The van der Waals surface area contributed by atoms with Crippen LogP contribution in [-0.4, -0.2) is 128 Å². The topological polar surface area (TPSA) is 270 Å². The minimum atomic E-state index is -1.73. The molecule has 1 aromatic rings. The minimum Gasteiger partial charge on any atom is -0.463 e. The first kappa shape index (κ1) is 44.6. The van der Waals surface area contributed by atoms with Gasteiger partial charge in [0.15, 0.2) is 24.4 Å². The number of hydrogen-bond donors (Lipinski definition) is 2. The number of hydrogen-bond acceptors (Lipinski definition) is 19. The second-order valence-electron chi connectivity index (χ2n) is 12.5. The van der Waals surface area contributed by atoms with Crippen molar-refractivity contribution in [2.24, 2.45) is 0 Å². The van der Waals surface area contributed by atoms with Crippen molar-refractivity contribution in [1.82, 2.24) is 10.6 Å². The molecule has 0 aromatic heterocycles. The van der Waals surface area contributed by atoms with Gasteiger partial charge in [0.25, 0.3) is 0 Å². The SMILES string of the molecule is CC(=O)N[C@@H]1[C@@H](OC(=O)c2cccc(O[C@@H]3O[C@@H](COC(C)=O)[C@@H](OC(C)=O)[C@@H](OC(C)=O)[C@@H]3NC(C)=O)c2)O[C@@H](COC(C)=O)[C@@H](OC(C)=O)[C@@H]1OC(C)=O. The molecule has 2 heterocycles. The van der Waals surface area contributed by atoms with Gasteiger partial charge < -0.3 is 58.0 Å². The normalized spacial score (nSPS) is 26.9. The molecule has 1 aromatic carbocycles. The Morgan fingerprint density at radius 1 is 0.536 bits per heavy atom. The van der Waals surface area contributed by atoms with E-state index in [0.29, 0.717) is 0 Å². The summed E-state index contributed by atoms with van der Waals surface area (Å²) >= 11 is 0. The molecule has 0 radical (unpaired) electrons. The van der Waals surface area contributed by atoms with Gasteiger partial charge in [0.1, 0.15) is 43.3 Å². The van der Waals surface area contributed by atoms with Crippen LogP contribution in [0.15, 0.2) is 24.3 Å². The average molecular weight is 797 g/mol. The standard InChI is InChI=1S/C35H44N2O19/c1-15(38)36-27-31(51-21(7)44)29(49-19(5)42)25(13-47-17(3)40)54-34(27)53-24-11-9-10-23(12-24)33(46)56-35-28(37-16(2)39)32(52-22(8)45)30(50-20(6)43)26(55-35)14-48-18(4)41/h9-12,25-32,34-35H,13-14H2,1-8H3,(H,36,38)(H,37,39)/t25-,26-,27-,28-,29+,30+,31-,32+,34+,35+/m0/s1. The van der Waals surface area contributed by atoms with Crippen molar-refractivity contribution < 1.29 is 90.5 Å². The van der Waals surface area contributed by atoms with Crippen LogP contribution in [0.5, 0.6) is 5.75 Å². The van der Waals surface area contributed by atoms with Crippen molar-refractivity contribution in [3.8, 4) is 5.75 Å². The molecule has 21 nitrogen and oxygen atoms in total. The van der Waals surface area contributed by atoms with Gasteiger partial charge in [-0.05, 0) is 18.2 Å². The molecule has 0 aliphatic carbocycles. The fourth-order valence-electron chi connectivity index (χ4n) is 5.79. The molecule has 0 bridgehead atoms. The van der Waals surface area contributed by atoms with Crippen LogP contribution in [0.1, 0.15) is 65.7 Å². The molecule has 0 saturated carbocycles. The third-order valence-corrected chi connectivity index (χ3v) is 7.69. The molecule has 308 valence electrons.